The number of allylic oxidation sites excluding steroid dienone is 1. The number of nitriles is 1. The van der Waals surface area contributed by atoms with Crippen molar-refractivity contribution in [3.63, 3.8) is 0 Å². The summed E-state index contributed by atoms with van der Waals surface area (Å²) < 4.78 is 37.4. The summed E-state index contributed by atoms with van der Waals surface area (Å²) in [5, 5.41) is 8.30. The first-order chi connectivity index (χ1) is 7.43. The standard InChI is InChI=1S/C12H10F3N/c1-9-6-10(4-2-3-5-16)8-11(7-9)12(13,14)15/h2,4,6-8H,3H2,1H3. The lowest BCUT2D eigenvalue weighted by atomic mass is 10.1. The molecule has 0 fully saturated rings. The summed E-state index contributed by atoms with van der Waals surface area (Å²) in [5.41, 5.74) is 0.345. The third kappa shape index (κ3) is 3.43. The largest absolute Gasteiger partial charge is 0.416 e. The van der Waals surface area contributed by atoms with E-state index < -0.39 is 11.7 Å². The summed E-state index contributed by atoms with van der Waals surface area (Å²) >= 11 is 0. The fourth-order valence-electron chi connectivity index (χ4n) is 1.32. The van der Waals surface area contributed by atoms with E-state index in [0.717, 1.165) is 12.1 Å². The van der Waals surface area contributed by atoms with Crippen LogP contribution in [-0.2, 0) is 6.18 Å². The van der Waals surface area contributed by atoms with Crippen LogP contribution in [-0.4, -0.2) is 0 Å². The second-order valence-electron chi connectivity index (χ2n) is 3.39. The van der Waals surface area contributed by atoms with E-state index in [-0.39, 0.29) is 6.42 Å². The van der Waals surface area contributed by atoms with E-state index in [9.17, 15) is 13.2 Å². The van der Waals surface area contributed by atoms with Gasteiger partial charge in [-0.05, 0) is 30.2 Å². The highest BCUT2D eigenvalue weighted by molar-refractivity contribution is 5.52. The van der Waals surface area contributed by atoms with Gasteiger partial charge in [0.15, 0.2) is 0 Å². The van der Waals surface area contributed by atoms with Gasteiger partial charge in [-0.3, -0.25) is 0 Å². The summed E-state index contributed by atoms with van der Waals surface area (Å²) in [7, 11) is 0. The molecular weight excluding hydrogens is 215 g/mol. The Hall–Kier alpha value is -1.76. The quantitative estimate of drug-likeness (QED) is 0.747. The van der Waals surface area contributed by atoms with Crippen LogP contribution in [0.4, 0.5) is 13.2 Å². The van der Waals surface area contributed by atoms with Crippen LogP contribution < -0.4 is 0 Å². The van der Waals surface area contributed by atoms with Gasteiger partial charge in [-0.15, -0.1) is 0 Å². The number of nitrogens with zero attached hydrogens (tertiary/aromatic N) is 1. The third-order valence-electron chi connectivity index (χ3n) is 1.95. The van der Waals surface area contributed by atoms with E-state index in [1.165, 1.54) is 12.2 Å². The summed E-state index contributed by atoms with van der Waals surface area (Å²) in [6.07, 6.45) is -1.08. The van der Waals surface area contributed by atoms with Gasteiger partial charge in [0.05, 0.1) is 18.1 Å². The van der Waals surface area contributed by atoms with Crippen molar-refractivity contribution < 1.29 is 13.2 Å². The highest BCUT2D eigenvalue weighted by atomic mass is 19.4. The number of benzene rings is 1. The molecule has 0 N–H and O–H groups in total. The zero-order chi connectivity index (χ0) is 12.2. The maximum absolute atomic E-state index is 12.5. The van der Waals surface area contributed by atoms with E-state index in [1.807, 2.05) is 6.07 Å². The van der Waals surface area contributed by atoms with Gasteiger partial charge in [-0.2, -0.15) is 18.4 Å². The van der Waals surface area contributed by atoms with Gasteiger partial charge in [-0.25, -0.2) is 0 Å². The van der Waals surface area contributed by atoms with Crippen LogP contribution in [0.5, 0.6) is 0 Å². The van der Waals surface area contributed by atoms with E-state index in [0.29, 0.717) is 11.1 Å². The fourth-order valence-corrected chi connectivity index (χ4v) is 1.32. The molecule has 0 radical (unpaired) electrons. The number of aryl methyl sites for hydroxylation is 1. The lowest BCUT2D eigenvalue weighted by Gasteiger charge is -2.08. The number of alkyl halides is 3. The van der Waals surface area contributed by atoms with E-state index in [2.05, 4.69) is 0 Å². The van der Waals surface area contributed by atoms with Crippen molar-refractivity contribution >= 4 is 6.08 Å². The first kappa shape index (κ1) is 12.3. The first-order valence-electron chi connectivity index (χ1n) is 4.66. The average molecular weight is 225 g/mol. The molecule has 0 aliphatic heterocycles. The SMILES string of the molecule is Cc1cc(C=CCC#N)cc(C(F)(F)F)c1. The topological polar surface area (TPSA) is 23.8 Å². The molecule has 4 heteroatoms. The van der Waals surface area contributed by atoms with Gasteiger partial charge in [-0.1, -0.05) is 18.2 Å². The van der Waals surface area contributed by atoms with Gasteiger partial charge < -0.3 is 0 Å². The van der Waals surface area contributed by atoms with Crippen LogP contribution in [0.3, 0.4) is 0 Å². The Kier molecular flexibility index (Phi) is 3.73. The van der Waals surface area contributed by atoms with Crippen LogP contribution in [0, 0.1) is 18.3 Å². The molecule has 0 spiro atoms. The van der Waals surface area contributed by atoms with E-state index in [1.54, 1.807) is 13.0 Å². The van der Waals surface area contributed by atoms with Gasteiger partial charge in [0, 0.05) is 0 Å². The Labute approximate surface area is 91.8 Å². The Morgan fingerprint density at radius 2 is 2.00 bits per heavy atom. The Morgan fingerprint density at radius 1 is 1.31 bits per heavy atom. The molecule has 0 saturated heterocycles. The highest BCUT2D eigenvalue weighted by Gasteiger charge is 2.30. The monoisotopic (exact) mass is 225 g/mol. The first-order valence-corrected chi connectivity index (χ1v) is 4.66. The van der Waals surface area contributed by atoms with Crippen LogP contribution in [0.15, 0.2) is 24.3 Å². The fraction of sp³-hybridized carbons (Fsp3) is 0.250. The third-order valence-corrected chi connectivity index (χ3v) is 1.95. The van der Waals surface area contributed by atoms with Gasteiger partial charge in [0.2, 0.25) is 0 Å². The second kappa shape index (κ2) is 4.84. The van der Waals surface area contributed by atoms with Crippen molar-refractivity contribution in [2.75, 3.05) is 0 Å². The van der Waals surface area contributed by atoms with Crippen LogP contribution in [0.1, 0.15) is 23.1 Å². The van der Waals surface area contributed by atoms with Crippen LogP contribution in [0.2, 0.25) is 0 Å². The molecule has 0 unspecified atom stereocenters. The molecule has 1 rings (SSSR count). The van der Waals surface area contributed by atoms with Crippen molar-refractivity contribution in [3.8, 4) is 6.07 Å². The minimum atomic E-state index is -4.33. The van der Waals surface area contributed by atoms with Crippen molar-refractivity contribution in [1.82, 2.24) is 0 Å². The zero-order valence-corrected chi connectivity index (χ0v) is 8.67. The molecule has 1 aromatic rings. The predicted octanol–water partition coefficient (Wildman–Crippen LogP) is 3.94. The Bertz CT molecular complexity index is 439. The molecule has 0 heterocycles. The molecule has 0 aliphatic carbocycles. The lowest BCUT2D eigenvalue weighted by Crippen LogP contribution is -2.05. The van der Waals surface area contributed by atoms with Gasteiger partial charge in [0.25, 0.3) is 0 Å². The Balaban J connectivity index is 3.05. The molecule has 0 aliphatic rings. The van der Waals surface area contributed by atoms with E-state index >= 15 is 0 Å². The van der Waals surface area contributed by atoms with Crippen molar-refractivity contribution in [2.45, 2.75) is 19.5 Å². The van der Waals surface area contributed by atoms with Crippen molar-refractivity contribution in [2.24, 2.45) is 0 Å². The van der Waals surface area contributed by atoms with E-state index in [4.69, 9.17) is 5.26 Å². The summed E-state index contributed by atoms with van der Waals surface area (Å²) in [6.45, 7) is 1.61. The summed E-state index contributed by atoms with van der Waals surface area (Å²) in [5.74, 6) is 0. The zero-order valence-electron chi connectivity index (χ0n) is 8.67. The number of rotatable bonds is 2. The number of halogens is 3. The molecule has 0 aromatic heterocycles. The molecule has 0 atom stereocenters. The smallest absolute Gasteiger partial charge is 0.198 e. The second-order valence-corrected chi connectivity index (χ2v) is 3.39. The molecule has 0 bridgehead atoms. The number of hydrogen-bond donors (Lipinski definition) is 0. The minimum absolute atomic E-state index is 0.190. The lowest BCUT2D eigenvalue weighted by molar-refractivity contribution is -0.137. The molecule has 16 heavy (non-hydrogen) atoms. The maximum atomic E-state index is 12.5. The normalized spacial score (nSPS) is 11.7. The predicted molar refractivity (Wildman–Crippen MR) is 55.4 cm³/mol. The highest BCUT2D eigenvalue weighted by Crippen LogP contribution is 2.30. The molecule has 1 nitrogen and oxygen atoms in total. The molecule has 0 saturated carbocycles. The van der Waals surface area contributed by atoms with Gasteiger partial charge in [0.1, 0.15) is 0 Å². The molecular formula is C12H10F3N. The summed E-state index contributed by atoms with van der Waals surface area (Å²) in [6, 6.07) is 5.70. The number of hydrogen-bond acceptors (Lipinski definition) is 1. The van der Waals surface area contributed by atoms with Crippen molar-refractivity contribution in [1.29, 1.82) is 5.26 Å². The summed E-state index contributed by atoms with van der Waals surface area (Å²) in [4.78, 5) is 0. The average Bonchev–Trinajstić information content (AvgIpc) is 2.16. The molecule has 0 amide bonds. The maximum Gasteiger partial charge on any atom is 0.416 e. The van der Waals surface area contributed by atoms with Crippen molar-refractivity contribution in [3.05, 3.63) is 41.0 Å². The molecule has 84 valence electrons. The Morgan fingerprint density at radius 3 is 2.56 bits per heavy atom. The van der Waals surface area contributed by atoms with Crippen LogP contribution >= 0.6 is 0 Å². The van der Waals surface area contributed by atoms with Crippen LogP contribution in [0.25, 0.3) is 6.08 Å². The minimum Gasteiger partial charge on any atom is -0.198 e. The molecule has 1 aromatic carbocycles. The van der Waals surface area contributed by atoms with Gasteiger partial charge >= 0.3 is 6.18 Å².